The first-order valence-electron chi connectivity index (χ1n) is 10.4. The molecular weight excluding hydrogens is 472 g/mol. The molecule has 0 saturated carbocycles. The maximum atomic E-state index is 6.15. The van der Waals surface area contributed by atoms with Gasteiger partial charge in [-0.1, -0.05) is 41.0 Å². The first-order valence-corrected chi connectivity index (χ1v) is 12.1. The van der Waals surface area contributed by atoms with Crippen LogP contribution in [-0.2, 0) is 0 Å². The third kappa shape index (κ3) is 4.19. The van der Waals surface area contributed by atoms with E-state index in [1.165, 1.54) is 11.1 Å². The molecule has 2 aromatic heterocycles. The van der Waals surface area contributed by atoms with E-state index < -0.39 is 0 Å². The lowest BCUT2D eigenvalue weighted by molar-refractivity contribution is 0.404. The molecule has 1 aliphatic rings. The van der Waals surface area contributed by atoms with E-state index in [4.69, 9.17) is 33.3 Å². The van der Waals surface area contributed by atoms with Crippen LogP contribution < -0.4 is 10.2 Å². The van der Waals surface area contributed by atoms with Gasteiger partial charge in [-0.25, -0.2) is 0 Å². The van der Waals surface area contributed by atoms with Crippen LogP contribution in [0.15, 0.2) is 70.2 Å². The van der Waals surface area contributed by atoms with Crippen molar-refractivity contribution in [3.05, 3.63) is 93.3 Å². The second-order valence-electron chi connectivity index (χ2n) is 8.01. The number of halogens is 1. The fourth-order valence-electron chi connectivity index (χ4n) is 4.15. The van der Waals surface area contributed by atoms with Crippen molar-refractivity contribution in [2.24, 2.45) is 0 Å². The van der Waals surface area contributed by atoms with Crippen molar-refractivity contribution in [1.82, 2.24) is 15.5 Å². The van der Waals surface area contributed by atoms with Crippen molar-refractivity contribution < 1.29 is 4.52 Å². The van der Waals surface area contributed by atoms with Crippen LogP contribution in [0.1, 0.15) is 35.5 Å². The SMILES string of the molecule is CC1=C(c2nc(-c3cccs3)no2)C(c2ccc(Cl)cc2)NC(=S)N1c1cc(C)cc(C)c1. The van der Waals surface area contributed by atoms with E-state index in [0.717, 1.165) is 27.4 Å². The minimum absolute atomic E-state index is 0.256. The van der Waals surface area contributed by atoms with Gasteiger partial charge < -0.3 is 9.84 Å². The van der Waals surface area contributed by atoms with Crippen molar-refractivity contribution in [3.8, 4) is 10.7 Å². The maximum absolute atomic E-state index is 6.15. The van der Waals surface area contributed by atoms with Crippen LogP contribution >= 0.6 is 35.2 Å². The number of aryl methyl sites for hydroxylation is 2. The number of hydrogen-bond donors (Lipinski definition) is 1. The van der Waals surface area contributed by atoms with Gasteiger partial charge in [0.15, 0.2) is 5.11 Å². The molecule has 4 aromatic rings. The zero-order chi connectivity index (χ0) is 23.1. The monoisotopic (exact) mass is 492 g/mol. The number of allylic oxidation sites excluding steroid dienone is 1. The maximum Gasteiger partial charge on any atom is 0.258 e. The van der Waals surface area contributed by atoms with E-state index >= 15 is 0 Å². The average molecular weight is 493 g/mol. The number of thiocarbonyl (C=S) groups is 1. The van der Waals surface area contributed by atoms with E-state index in [2.05, 4.69) is 42.5 Å². The second-order valence-corrected chi connectivity index (χ2v) is 9.79. The summed E-state index contributed by atoms with van der Waals surface area (Å²) in [5, 5.41) is 11.0. The largest absolute Gasteiger partial charge is 0.351 e. The number of aromatic nitrogens is 2. The van der Waals surface area contributed by atoms with Crippen LogP contribution in [0, 0.1) is 13.8 Å². The topological polar surface area (TPSA) is 54.2 Å². The van der Waals surface area contributed by atoms with Gasteiger partial charge in [0.1, 0.15) is 0 Å². The molecule has 3 heterocycles. The fourth-order valence-corrected chi connectivity index (χ4v) is 5.29. The normalized spacial score (nSPS) is 16.3. The number of nitrogens with one attached hydrogen (secondary N) is 1. The predicted molar refractivity (Wildman–Crippen MR) is 139 cm³/mol. The Kier molecular flexibility index (Phi) is 5.78. The van der Waals surface area contributed by atoms with Crippen molar-refractivity contribution in [2.75, 3.05) is 4.90 Å². The zero-order valence-electron chi connectivity index (χ0n) is 18.3. The highest BCUT2D eigenvalue weighted by Gasteiger charge is 2.35. The fraction of sp³-hybridized carbons (Fsp3) is 0.160. The summed E-state index contributed by atoms with van der Waals surface area (Å²) in [5.41, 5.74) is 6.14. The van der Waals surface area contributed by atoms with E-state index in [1.807, 2.05) is 53.6 Å². The van der Waals surface area contributed by atoms with Gasteiger partial charge in [0.2, 0.25) is 5.82 Å². The predicted octanol–water partition coefficient (Wildman–Crippen LogP) is 6.94. The molecular formula is C25H21ClN4OS2. The Bertz CT molecular complexity index is 1340. The Morgan fingerprint density at radius 2 is 1.79 bits per heavy atom. The van der Waals surface area contributed by atoms with Gasteiger partial charge in [-0.05, 0) is 85.4 Å². The smallest absolute Gasteiger partial charge is 0.258 e. The third-order valence-corrected chi connectivity index (χ3v) is 6.97. The summed E-state index contributed by atoms with van der Waals surface area (Å²) in [6, 6.07) is 17.8. The summed E-state index contributed by atoms with van der Waals surface area (Å²) in [5.74, 6) is 1.03. The number of thiophene rings is 1. The summed E-state index contributed by atoms with van der Waals surface area (Å²) in [6.07, 6.45) is 0. The van der Waals surface area contributed by atoms with Crippen LogP contribution in [0.3, 0.4) is 0 Å². The molecule has 5 nitrogen and oxygen atoms in total. The molecule has 8 heteroatoms. The van der Waals surface area contributed by atoms with Crippen LogP contribution in [0.4, 0.5) is 5.69 Å². The standard InChI is InChI=1S/C25H21ClN4OS2/c1-14-11-15(2)13-19(12-14)30-16(3)21(24-28-23(29-31-24)20-5-4-10-33-20)22(27-25(30)32)17-6-8-18(26)9-7-17/h4-13,22H,1-3H3,(H,27,32). The van der Waals surface area contributed by atoms with Gasteiger partial charge >= 0.3 is 0 Å². The molecule has 0 radical (unpaired) electrons. The molecule has 1 aliphatic heterocycles. The van der Waals surface area contributed by atoms with Crippen LogP contribution in [0.2, 0.25) is 5.02 Å². The highest BCUT2D eigenvalue weighted by atomic mass is 35.5. The lowest BCUT2D eigenvalue weighted by Crippen LogP contribution is -2.46. The molecule has 5 rings (SSSR count). The molecule has 0 amide bonds. The molecule has 0 fully saturated rings. The molecule has 166 valence electrons. The Morgan fingerprint density at radius 3 is 2.45 bits per heavy atom. The summed E-state index contributed by atoms with van der Waals surface area (Å²) >= 11 is 13.6. The summed E-state index contributed by atoms with van der Waals surface area (Å²) in [6.45, 7) is 6.20. The summed E-state index contributed by atoms with van der Waals surface area (Å²) in [7, 11) is 0. The minimum Gasteiger partial charge on any atom is -0.351 e. The Hall–Kier alpha value is -3.00. The lowest BCUT2D eigenvalue weighted by Gasteiger charge is -2.37. The van der Waals surface area contributed by atoms with Crippen molar-refractivity contribution in [2.45, 2.75) is 26.8 Å². The Labute approximate surface area is 206 Å². The van der Waals surface area contributed by atoms with Crippen molar-refractivity contribution in [1.29, 1.82) is 0 Å². The Morgan fingerprint density at radius 1 is 1.06 bits per heavy atom. The van der Waals surface area contributed by atoms with Gasteiger partial charge in [0, 0.05) is 16.4 Å². The van der Waals surface area contributed by atoms with Gasteiger partial charge in [-0.2, -0.15) is 4.98 Å². The van der Waals surface area contributed by atoms with Gasteiger partial charge in [-0.15, -0.1) is 11.3 Å². The molecule has 1 unspecified atom stereocenters. The highest BCUT2D eigenvalue weighted by Crippen LogP contribution is 2.40. The van der Waals surface area contributed by atoms with Gasteiger partial charge in [-0.3, -0.25) is 4.90 Å². The van der Waals surface area contributed by atoms with E-state index in [-0.39, 0.29) is 6.04 Å². The lowest BCUT2D eigenvalue weighted by atomic mass is 9.94. The van der Waals surface area contributed by atoms with Crippen LogP contribution in [0.5, 0.6) is 0 Å². The quantitative estimate of drug-likeness (QED) is 0.311. The van der Waals surface area contributed by atoms with E-state index in [0.29, 0.717) is 21.9 Å². The van der Waals surface area contributed by atoms with Crippen molar-refractivity contribution >= 4 is 51.5 Å². The molecule has 1 atom stereocenters. The minimum atomic E-state index is -0.256. The number of anilines is 1. The van der Waals surface area contributed by atoms with Crippen LogP contribution in [0.25, 0.3) is 16.3 Å². The Balaban J connectivity index is 1.68. The molecule has 2 aromatic carbocycles. The second kappa shape index (κ2) is 8.74. The number of nitrogens with zero attached hydrogens (tertiary/aromatic N) is 3. The molecule has 0 aliphatic carbocycles. The third-order valence-electron chi connectivity index (χ3n) is 5.55. The highest BCUT2D eigenvalue weighted by molar-refractivity contribution is 7.80. The molecule has 0 saturated heterocycles. The average Bonchev–Trinajstić information content (AvgIpc) is 3.45. The molecule has 1 N–H and O–H groups in total. The number of rotatable bonds is 4. The van der Waals surface area contributed by atoms with Crippen molar-refractivity contribution in [3.63, 3.8) is 0 Å². The first-order chi connectivity index (χ1) is 15.9. The summed E-state index contributed by atoms with van der Waals surface area (Å²) in [4.78, 5) is 7.74. The summed E-state index contributed by atoms with van der Waals surface area (Å²) < 4.78 is 5.79. The van der Waals surface area contributed by atoms with Crippen LogP contribution in [-0.4, -0.2) is 15.3 Å². The first kappa shape index (κ1) is 21.8. The van der Waals surface area contributed by atoms with E-state index in [1.54, 1.807) is 11.3 Å². The van der Waals surface area contributed by atoms with Gasteiger partial charge in [0.05, 0.1) is 16.5 Å². The molecule has 0 spiro atoms. The number of hydrogen-bond acceptors (Lipinski definition) is 5. The molecule has 0 bridgehead atoms. The van der Waals surface area contributed by atoms with Gasteiger partial charge in [0.25, 0.3) is 5.89 Å². The zero-order valence-corrected chi connectivity index (χ0v) is 20.7. The van der Waals surface area contributed by atoms with E-state index in [9.17, 15) is 0 Å². The molecule has 33 heavy (non-hydrogen) atoms. The number of benzene rings is 2.